The van der Waals surface area contributed by atoms with E-state index < -0.39 is 28.5 Å². The van der Waals surface area contributed by atoms with Gasteiger partial charge in [0.05, 0.1) is 10.5 Å². The molecule has 0 aromatic heterocycles. The number of hydrogen-bond donors (Lipinski definition) is 1. The van der Waals surface area contributed by atoms with Crippen molar-refractivity contribution in [3.63, 3.8) is 0 Å². The van der Waals surface area contributed by atoms with Crippen LogP contribution in [0.1, 0.15) is 21.5 Å². The second-order valence-corrected chi connectivity index (χ2v) is 8.49. The van der Waals surface area contributed by atoms with Gasteiger partial charge in [-0.15, -0.1) is 6.58 Å². The summed E-state index contributed by atoms with van der Waals surface area (Å²) in [7, 11) is -3.68. The number of hydrogen-bond acceptors (Lipinski definition) is 5. The van der Waals surface area contributed by atoms with Crippen LogP contribution in [0, 0.1) is 0 Å². The molecule has 0 fully saturated rings. The molecule has 0 spiro atoms. The Labute approximate surface area is 170 Å². The number of nitrogens with zero attached hydrogens (tertiary/aromatic N) is 1. The molecule has 2 aromatic carbocycles. The van der Waals surface area contributed by atoms with Crippen molar-refractivity contribution in [3.8, 4) is 0 Å². The second-order valence-electron chi connectivity index (χ2n) is 6.55. The van der Waals surface area contributed by atoms with Gasteiger partial charge in [0.2, 0.25) is 10.0 Å². The molecule has 152 valence electrons. The summed E-state index contributed by atoms with van der Waals surface area (Å²) in [6, 6.07) is 13.3. The van der Waals surface area contributed by atoms with Gasteiger partial charge >= 0.3 is 5.97 Å². The van der Waals surface area contributed by atoms with E-state index >= 15 is 0 Å². The van der Waals surface area contributed by atoms with Gasteiger partial charge in [0.25, 0.3) is 5.91 Å². The molecular weight excluding hydrogens is 392 g/mol. The Morgan fingerprint density at radius 1 is 1.10 bits per heavy atom. The van der Waals surface area contributed by atoms with Gasteiger partial charge in [-0.25, -0.2) is 13.2 Å². The topological polar surface area (TPSA) is 92.8 Å². The van der Waals surface area contributed by atoms with E-state index in [2.05, 4.69) is 11.9 Å². The average Bonchev–Trinajstić information content (AvgIpc) is 2.75. The summed E-state index contributed by atoms with van der Waals surface area (Å²) in [4.78, 5) is 23.6. The van der Waals surface area contributed by atoms with Gasteiger partial charge < -0.3 is 10.1 Å². The first kappa shape index (κ1) is 20.8. The summed E-state index contributed by atoms with van der Waals surface area (Å²) in [5.74, 6) is -1.14. The molecule has 1 N–H and O–H groups in total. The van der Waals surface area contributed by atoms with Crippen molar-refractivity contribution in [1.29, 1.82) is 0 Å². The molecule has 0 aliphatic carbocycles. The molecule has 1 aliphatic rings. The van der Waals surface area contributed by atoms with E-state index in [0.717, 1.165) is 11.1 Å². The fraction of sp³-hybridized carbons (Fsp3) is 0.238. The molecule has 2 aromatic rings. The highest BCUT2D eigenvalue weighted by Crippen LogP contribution is 2.25. The van der Waals surface area contributed by atoms with Crippen LogP contribution in [0.2, 0.25) is 0 Å². The van der Waals surface area contributed by atoms with Crippen LogP contribution in [0.15, 0.2) is 66.1 Å². The molecule has 1 heterocycles. The Morgan fingerprint density at radius 2 is 1.79 bits per heavy atom. The summed E-state index contributed by atoms with van der Waals surface area (Å²) in [6.07, 6.45) is 2.17. The summed E-state index contributed by atoms with van der Waals surface area (Å²) in [5, 5.41) is 2.49. The number of amides is 1. The number of carbonyl (C=O) groups excluding carboxylic acids is 2. The zero-order valence-electron chi connectivity index (χ0n) is 15.8. The van der Waals surface area contributed by atoms with Crippen molar-refractivity contribution >= 4 is 21.9 Å². The number of ether oxygens (including phenoxy) is 1. The minimum atomic E-state index is -3.68. The zero-order chi connectivity index (χ0) is 20.9. The van der Waals surface area contributed by atoms with E-state index in [1.165, 1.54) is 34.6 Å². The lowest BCUT2D eigenvalue weighted by molar-refractivity contribution is -0.124. The molecule has 0 atom stereocenters. The molecule has 0 radical (unpaired) electrons. The third kappa shape index (κ3) is 4.90. The quantitative estimate of drug-likeness (QED) is 0.552. The van der Waals surface area contributed by atoms with Crippen LogP contribution < -0.4 is 5.32 Å². The predicted octanol–water partition coefficient (Wildman–Crippen LogP) is 1.89. The molecule has 29 heavy (non-hydrogen) atoms. The van der Waals surface area contributed by atoms with E-state index in [9.17, 15) is 18.0 Å². The number of fused-ring (bicyclic) bond motifs is 1. The molecule has 1 aliphatic heterocycles. The molecule has 1 amide bonds. The summed E-state index contributed by atoms with van der Waals surface area (Å²) >= 11 is 0. The number of rotatable bonds is 7. The lowest BCUT2D eigenvalue weighted by Gasteiger charge is -2.28. The third-order valence-corrected chi connectivity index (χ3v) is 6.46. The number of nitrogens with one attached hydrogen (secondary N) is 1. The van der Waals surface area contributed by atoms with Gasteiger partial charge in [-0.1, -0.05) is 30.3 Å². The first-order chi connectivity index (χ1) is 13.9. The van der Waals surface area contributed by atoms with Crippen LogP contribution in [0.25, 0.3) is 0 Å². The monoisotopic (exact) mass is 414 g/mol. The summed E-state index contributed by atoms with van der Waals surface area (Å²) in [5.41, 5.74) is 2.33. The molecule has 3 rings (SSSR count). The van der Waals surface area contributed by atoms with E-state index in [4.69, 9.17) is 4.74 Å². The molecule has 0 bridgehead atoms. The number of sulfonamides is 1. The minimum Gasteiger partial charge on any atom is -0.452 e. The largest absolute Gasteiger partial charge is 0.452 e. The van der Waals surface area contributed by atoms with Gasteiger partial charge in [0.1, 0.15) is 0 Å². The van der Waals surface area contributed by atoms with Crippen LogP contribution in [0.5, 0.6) is 0 Å². The highest BCUT2D eigenvalue weighted by Gasteiger charge is 2.28. The number of carbonyl (C=O) groups is 2. The van der Waals surface area contributed by atoms with E-state index in [0.29, 0.717) is 19.5 Å². The van der Waals surface area contributed by atoms with E-state index in [-0.39, 0.29) is 17.0 Å². The Bertz CT molecular complexity index is 1020. The van der Waals surface area contributed by atoms with Crippen molar-refractivity contribution in [3.05, 3.63) is 77.9 Å². The van der Waals surface area contributed by atoms with Gasteiger partial charge in [-0.3, -0.25) is 4.79 Å². The molecule has 0 saturated heterocycles. The first-order valence-corrected chi connectivity index (χ1v) is 10.6. The van der Waals surface area contributed by atoms with Crippen LogP contribution in [0.3, 0.4) is 0 Å². The highest BCUT2D eigenvalue weighted by atomic mass is 32.2. The maximum Gasteiger partial charge on any atom is 0.338 e. The molecule has 8 heteroatoms. The summed E-state index contributed by atoms with van der Waals surface area (Å²) < 4.78 is 32.2. The van der Waals surface area contributed by atoms with Crippen molar-refractivity contribution in [1.82, 2.24) is 9.62 Å². The van der Waals surface area contributed by atoms with Crippen molar-refractivity contribution in [2.75, 3.05) is 19.7 Å². The van der Waals surface area contributed by atoms with Gasteiger partial charge in [-0.05, 0) is 41.8 Å². The minimum absolute atomic E-state index is 0.108. The predicted molar refractivity (Wildman–Crippen MR) is 108 cm³/mol. The maximum atomic E-state index is 12.9. The molecule has 0 unspecified atom stereocenters. The number of benzene rings is 2. The SMILES string of the molecule is C=CCNC(=O)COC(=O)c1ccc(S(=O)(=O)N2CCc3ccccc3C2)cc1. The highest BCUT2D eigenvalue weighted by molar-refractivity contribution is 7.89. The van der Waals surface area contributed by atoms with Crippen molar-refractivity contribution < 1.29 is 22.7 Å². The molecule has 0 saturated carbocycles. The van der Waals surface area contributed by atoms with Gasteiger partial charge in [0, 0.05) is 19.6 Å². The lowest BCUT2D eigenvalue weighted by atomic mass is 10.0. The maximum absolute atomic E-state index is 12.9. The second kappa shape index (κ2) is 9.02. The van der Waals surface area contributed by atoms with Crippen molar-refractivity contribution in [2.45, 2.75) is 17.9 Å². The summed E-state index contributed by atoms with van der Waals surface area (Å²) in [6.45, 7) is 4.07. The molecular formula is C21H22N2O5S. The fourth-order valence-electron chi connectivity index (χ4n) is 3.04. The van der Waals surface area contributed by atoms with Crippen LogP contribution in [-0.2, 0) is 32.5 Å². The van der Waals surface area contributed by atoms with Gasteiger partial charge in [0.15, 0.2) is 6.61 Å². The zero-order valence-corrected chi connectivity index (χ0v) is 16.7. The van der Waals surface area contributed by atoms with E-state index in [1.54, 1.807) is 0 Å². The standard InChI is InChI=1S/C21H22N2O5S/c1-2-12-22-20(24)15-28-21(25)17-7-9-19(10-8-17)29(26,27)23-13-11-16-5-3-4-6-18(16)14-23/h2-10H,1,11-15H2,(H,22,24). The average molecular weight is 414 g/mol. The Kier molecular flexibility index (Phi) is 6.46. The smallest absolute Gasteiger partial charge is 0.338 e. The Hall–Kier alpha value is -2.97. The van der Waals surface area contributed by atoms with Crippen LogP contribution in [-0.4, -0.2) is 44.3 Å². The number of esters is 1. The Balaban J connectivity index is 1.65. The Morgan fingerprint density at radius 3 is 2.48 bits per heavy atom. The van der Waals surface area contributed by atoms with Crippen LogP contribution in [0.4, 0.5) is 0 Å². The lowest BCUT2D eigenvalue weighted by Crippen LogP contribution is -2.35. The first-order valence-electron chi connectivity index (χ1n) is 9.13. The fourth-order valence-corrected chi connectivity index (χ4v) is 4.46. The van der Waals surface area contributed by atoms with Crippen LogP contribution >= 0.6 is 0 Å². The van der Waals surface area contributed by atoms with Gasteiger partial charge in [-0.2, -0.15) is 4.31 Å². The molecule has 7 nitrogen and oxygen atoms in total. The van der Waals surface area contributed by atoms with E-state index in [1.807, 2.05) is 24.3 Å². The third-order valence-electron chi connectivity index (χ3n) is 4.60. The van der Waals surface area contributed by atoms with Crippen molar-refractivity contribution in [2.24, 2.45) is 0 Å². The normalized spacial score (nSPS) is 13.9.